The topological polar surface area (TPSA) is 65.8 Å². The minimum Gasteiger partial charge on any atom is -0.497 e. The fourth-order valence-corrected chi connectivity index (χ4v) is 3.84. The lowest BCUT2D eigenvalue weighted by molar-refractivity contribution is -0.127. The number of hydrogen-bond donors (Lipinski definition) is 0. The molecule has 0 fully saturated rings. The molecule has 7 nitrogen and oxygen atoms in total. The fourth-order valence-electron chi connectivity index (χ4n) is 2.93. The average Bonchev–Trinajstić information content (AvgIpc) is 3.26. The van der Waals surface area contributed by atoms with E-state index in [9.17, 15) is 4.79 Å². The van der Waals surface area contributed by atoms with Crippen LogP contribution in [-0.2, 0) is 11.3 Å². The second-order valence-corrected chi connectivity index (χ2v) is 7.45. The molecule has 1 aromatic heterocycles. The van der Waals surface area contributed by atoms with Crippen molar-refractivity contribution < 1.29 is 19.0 Å². The molecule has 0 N–H and O–H groups in total. The number of hydrogen-bond acceptors (Lipinski definition) is 6. The van der Waals surface area contributed by atoms with Crippen LogP contribution in [0, 0.1) is 0 Å². The summed E-state index contributed by atoms with van der Waals surface area (Å²) in [4.78, 5) is 18.7. The Balaban J connectivity index is 1.63. The van der Waals surface area contributed by atoms with Gasteiger partial charge in [-0.1, -0.05) is 23.9 Å². The van der Waals surface area contributed by atoms with E-state index < -0.39 is 0 Å². The number of carbonyl (C=O) groups excluding carboxylic acids is 1. The van der Waals surface area contributed by atoms with E-state index in [1.165, 1.54) is 11.8 Å². The van der Waals surface area contributed by atoms with Gasteiger partial charge >= 0.3 is 0 Å². The van der Waals surface area contributed by atoms with Crippen molar-refractivity contribution >= 4 is 17.7 Å². The van der Waals surface area contributed by atoms with E-state index in [1.807, 2.05) is 53.2 Å². The number of benzene rings is 2. The van der Waals surface area contributed by atoms with Crippen molar-refractivity contribution in [3.05, 3.63) is 60.4 Å². The Bertz CT molecular complexity index is 1010. The van der Waals surface area contributed by atoms with Crippen LogP contribution >= 0.6 is 11.8 Å². The third kappa shape index (κ3) is 5.07. The number of nitrogens with zero attached hydrogens (tertiary/aromatic N) is 3. The maximum Gasteiger partial charge on any atom is 0.233 e. The molecule has 1 heterocycles. The molecule has 158 valence electrons. The Labute approximate surface area is 180 Å². The smallest absolute Gasteiger partial charge is 0.233 e. The summed E-state index contributed by atoms with van der Waals surface area (Å²) < 4.78 is 17.8. The van der Waals surface area contributed by atoms with Crippen LogP contribution in [0.5, 0.6) is 17.2 Å². The Morgan fingerprint density at radius 2 is 1.87 bits per heavy atom. The van der Waals surface area contributed by atoms with E-state index in [2.05, 4.69) is 4.98 Å². The van der Waals surface area contributed by atoms with Gasteiger partial charge in [0.05, 0.1) is 32.8 Å². The van der Waals surface area contributed by atoms with Crippen LogP contribution in [0.2, 0.25) is 0 Å². The molecule has 0 saturated heterocycles. The first-order chi connectivity index (χ1) is 14.5. The molecule has 3 aromatic rings. The van der Waals surface area contributed by atoms with Gasteiger partial charge in [0.25, 0.3) is 0 Å². The van der Waals surface area contributed by atoms with Gasteiger partial charge < -0.3 is 19.1 Å². The molecular weight excluding hydrogens is 402 g/mol. The van der Waals surface area contributed by atoms with Crippen LogP contribution in [0.25, 0.3) is 5.69 Å². The normalized spacial score (nSPS) is 10.5. The zero-order chi connectivity index (χ0) is 21.5. The molecule has 0 aliphatic heterocycles. The summed E-state index contributed by atoms with van der Waals surface area (Å²) in [5, 5.41) is 0.746. The summed E-state index contributed by atoms with van der Waals surface area (Å²) in [6.45, 7) is 0.476. The van der Waals surface area contributed by atoms with Gasteiger partial charge in [-0.3, -0.25) is 9.36 Å². The number of thioether (sulfide) groups is 1. The molecular formula is C22H25N3O4S. The zero-order valence-corrected chi connectivity index (χ0v) is 18.3. The van der Waals surface area contributed by atoms with E-state index >= 15 is 0 Å². The van der Waals surface area contributed by atoms with Crippen molar-refractivity contribution in [1.82, 2.24) is 14.5 Å². The molecule has 0 atom stereocenters. The van der Waals surface area contributed by atoms with Crippen molar-refractivity contribution in [2.45, 2.75) is 11.7 Å². The molecule has 30 heavy (non-hydrogen) atoms. The number of aromatic nitrogens is 2. The SMILES string of the molecule is COc1cccc(-n2ccnc2SCC(=O)N(C)Cc2ccc(OC)c(OC)c2)c1. The van der Waals surface area contributed by atoms with Crippen LogP contribution in [0.1, 0.15) is 5.56 Å². The third-order valence-electron chi connectivity index (χ3n) is 4.56. The predicted molar refractivity (Wildman–Crippen MR) is 117 cm³/mol. The Morgan fingerprint density at radius 1 is 1.07 bits per heavy atom. The standard InChI is InChI=1S/C22H25N3O4S/c1-24(14-16-8-9-19(28-3)20(12-16)29-4)21(26)15-30-22-23-10-11-25(22)17-6-5-7-18(13-17)27-2/h5-13H,14-15H2,1-4H3. The molecule has 0 aliphatic carbocycles. The molecule has 0 unspecified atom stereocenters. The maximum atomic E-state index is 12.7. The van der Waals surface area contributed by atoms with Crippen LogP contribution in [0.4, 0.5) is 0 Å². The molecule has 8 heteroatoms. The van der Waals surface area contributed by atoms with Gasteiger partial charge in [-0.15, -0.1) is 0 Å². The van der Waals surface area contributed by atoms with Crippen molar-refractivity contribution in [2.75, 3.05) is 34.1 Å². The molecule has 1 amide bonds. The van der Waals surface area contributed by atoms with Crippen molar-refractivity contribution in [3.8, 4) is 22.9 Å². The van der Waals surface area contributed by atoms with Crippen LogP contribution in [0.15, 0.2) is 60.0 Å². The lowest BCUT2D eigenvalue weighted by Gasteiger charge is -2.18. The van der Waals surface area contributed by atoms with E-state index in [1.54, 1.807) is 39.5 Å². The Morgan fingerprint density at radius 3 is 2.60 bits per heavy atom. The predicted octanol–water partition coefficient (Wildman–Crippen LogP) is 3.65. The highest BCUT2D eigenvalue weighted by Crippen LogP contribution is 2.28. The highest BCUT2D eigenvalue weighted by Gasteiger charge is 2.14. The molecule has 0 aliphatic rings. The second kappa shape index (κ2) is 10.1. The van der Waals surface area contributed by atoms with Crippen molar-refractivity contribution in [3.63, 3.8) is 0 Å². The number of rotatable bonds is 9. The number of imidazole rings is 1. The first kappa shape index (κ1) is 21.6. The van der Waals surface area contributed by atoms with Gasteiger partial charge in [0.15, 0.2) is 16.7 Å². The van der Waals surface area contributed by atoms with Gasteiger partial charge in [-0.2, -0.15) is 0 Å². The lowest BCUT2D eigenvalue weighted by Crippen LogP contribution is -2.27. The van der Waals surface area contributed by atoms with Crippen LogP contribution < -0.4 is 14.2 Å². The first-order valence-electron chi connectivity index (χ1n) is 9.31. The zero-order valence-electron chi connectivity index (χ0n) is 17.5. The van der Waals surface area contributed by atoms with Gasteiger partial charge in [-0.25, -0.2) is 4.98 Å². The molecule has 0 spiro atoms. The van der Waals surface area contributed by atoms with E-state index in [-0.39, 0.29) is 11.7 Å². The summed E-state index contributed by atoms with van der Waals surface area (Å²) in [5.41, 5.74) is 1.90. The first-order valence-corrected chi connectivity index (χ1v) is 10.3. The van der Waals surface area contributed by atoms with Gasteiger partial charge in [0.1, 0.15) is 5.75 Å². The summed E-state index contributed by atoms with van der Waals surface area (Å²) >= 11 is 1.40. The molecule has 0 radical (unpaired) electrons. The van der Waals surface area contributed by atoms with E-state index in [4.69, 9.17) is 14.2 Å². The van der Waals surface area contributed by atoms with Crippen molar-refractivity contribution in [2.24, 2.45) is 0 Å². The lowest BCUT2D eigenvalue weighted by atomic mass is 10.2. The second-order valence-electron chi connectivity index (χ2n) is 6.51. The third-order valence-corrected chi connectivity index (χ3v) is 5.51. The Kier molecular flexibility index (Phi) is 7.24. The molecule has 0 bridgehead atoms. The van der Waals surface area contributed by atoms with Crippen LogP contribution in [0.3, 0.4) is 0 Å². The minimum absolute atomic E-state index is 0.00924. The molecule has 0 saturated carbocycles. The Hall–Kier alpha value is -3.13. The number of methoxy groups -OCH3 is 3. The van der Waals surface area contributed by atoms with E-state index in [0.29, 0.717) is 18.0 Å². The molecule has 3 rings (SSSR count). The van der Waals surface area contributed by atoms with Crippen molar-refractivity contribution in [1.29, 1.82) is 0 Å². The van der Waals surface area contributed by atoms with Crippen LogP contribution in [-0.4, -0.2) is 54.5 Å². The summed E-state index contributed by atoms with van der Waals surface area (Å²) in [6.07, 6.45) is 3.59. The fraction of sp³-hybridized carbons (Fsp3) is 0.273. The summed E-state index contributed by atoms with van der Waals surface area (Å²) in [6, 6.07) is 13.4. The van der Waals surface area contributed by atoms with Gasteiger partial charge in [-0.05, 0) is 29.8 Å². The van der Waals surface area contributed by atoms with Gasteiger partial charge in [0.2, 0.25) is 5.91 Å². The summed E-state index contributed by atoms with van der Waals surface area (Å²) in [5.74, 6) is 2.36. The molecule has 2 aromatic carbocycles. The monoisotopic (exact) mass is 427 g/mol. The minimum atomic E-state index is 0.00924. The quantitative estimate of drug-likeness (QED) is 0.486. The highest BCUT2D eigenvalue weighted by atomic mass is 32.2. The average molecular weight is 428 g/mol. The maximum absolute atomic E-state index is 12.7. The van der Waals surface area contributed by atoms with Gasteiger partial charge in [0, 0.05) is 32.1 Å². The highest BCUT2D eigenvalue weighted by molar-refractivity contribution is 7.99. The summed E-state index contributed by atoms with van der Waals surface area (Å²) in [7, 11) is 6.61. The number of amides is 1. The largest absolute Gasteiger partial charge is 0.497 e. The number of carbonyl (C=O) groups is 1. The number of ether oxygens (including phenoxy) is 3. The van der Waals surface area contributed by atoms with E-state index in [0.717, 1.165) is 22.2 Å².